The number of nitrogens with zero attached hydrogens (tertiary/aromatic N) is 2. The van der Waals surface area contributed by atoms with E-state index in [1.54, 1.807) is 24.4 Å². The monoisotopic (exact) mass is 268 g/mol. The number of nitrogen functional groups attached to an aromatic ring is 2. The molecular weight excluding hydrogens is 255 g/mol. The summed E-state index contributed by atoms with van der Waals surface area (Å²) in [6, 6.07) is 8.38. The second-order valence-electron chi connectivity index (χ2n) is 4.65. The fourth-order valence-electron chi connectivity index (χ4n) is 2.28. The Labute approximate surface area is 115 Å². The number of benzene rings is 1. The minimum Gasteiger partial charge on any atom is -0.384 e. The summed E-state index contributed by atoms with van der Waals surface area (Å²) < 4.78 is 14.0. The predicted octanol–water partition coefficient (Wildman–Crippen LogP) is 2.91. The molecule has 4 nitrogen and oxygen atoms in total. The zero-order chi connectivity index (χ0) is 14.3. The van der Waals surface area contributed by atoms with E-state index in [0.717, 1.165) is 10.9 Å². The summed E-state index contributed by atoms with van der Waals surface area (Å²) in [6.45, 7) is 1.83. The summed E-state index contributed by atoms with van der Waals surface area (Å²) in [5.74, 6) is 0.380. The molecule has 4 N–H and O–H groups in total. The molecule has 20 heavy (non-hydrogen) atoms. The van der Waals surface area contributed by atoms with Crippen LogP contribution in [0.25, 0.3) is 22.0 Å². The van der Waals surface area contributed by atoms with Crippen LogP contribution in [0, 0.1) is 12.7 Å². The van der Waals surface area contributed by atoms with Crippen molar-refractivity contribution in [3.63, 3.8) is 0 Å². The molecule has 0 saturated heterocycles. The quantitative estimate of drug-likeness (QED) is 0.711. The van der Waals surface area contributed by atoms with E-state index in [0.29, 0.717) is 28.3 Å². The Bertz CT molecular complexity index is 794. The molecule has 0 aliphatic carbocycles. The van der Waals surface area contributed by atoms with Gasteiger partial charge in [-0.1, -0.05) is 12.1 Å². The number of aromatic nitrogens is 2. The Kier molecular flexibility index (Phi) is 2.75. The van der Waals surface area contributed by atoms with Gasteiger partial charge in [-0.25, -0.2) is 14.4 Å². The van der Waals surface area contributed by atoms with Crippen molar-refractivity contribution in [1.82, 2.24) is 9.97 Å². The first kappa shape index (κ1) is 12.3. The molecule has 0 radical (unpaired) electrons. The first-order valence-electron chi connectivity index (χ1n) is 6.13. The van der Waals surface area contributed by atoms with E-state index in [9.17, 15) is 4.39 Å². The Morgan fingerprint density at radius 1 is 1.15 bits per heavy atom. The van der Waals surface area contributed by atoms with Crippen LogP contribution in [-0.4, -0.2) is 9.97 Å². The second-order valence-corrected chi connectivity index (χ2v) is 4.65. The van der Waals surface area contributed by atoms with Crippen molar-refractivity contribution in [3.8, 4) is 11.3 Å². The summed E-state index contributed by atoms with van der Waals surface area (Å²) in [7, 11) is 0. The lowest BCUT2D eigenvalue weighted by Gasteiger charge is -2.10. The molecule has 3 rings (SSSR count). The van der Waals surface area contributed by atoms with E-state index < -0.39 is 0 Å². The van der Waals surface area contributed by atoms with Gasteiger partial charge in [0, 0.05) is 17.1 Å². The fourth-order valence-corrected chi connectivity index (χ4v) is 2.28. The number of hydrogen-bond donors (Lipinski definition) is 2. The number of anilines is 2. The minimum atomic E-state index is -0.321. The highest BCUT2D eigenvalue weighted by atomic mass is 19.1. The number of pyridine rings is 2. The first-order chi connectivity index (χ1) is 9.56. The second kappa shape index (κ2) is 4.45. The predicted molar refractivity (Wildman–Crippen MR) is 78.5 cm³/mol. The molecule has 0 aliphatic rings. The van der Waals surface area contributed by atoms with Crippen molar-refractivity contribution in [1.29, 1.82) is 0 Å². The van der Waals surface area contributed by atoms with E-state index in [4.69, 9.17) is 11.5 Å². The van der Waals surface area contributed by atoms with E-state index in [1.165, 1.54) is 6.07 Å². The molecule has 0 spiro atoms. The van der Waals surface area contributed by atoms with E-state index in [-0.39, 0.29) is 5.82 Å². The van der Waals surface area contributed by atoms with E-state index >= 15 is 0 Å². The summed E-state index contributed by atoms with van der Waals surface area (Å²) in [5.41, 5.74) is 13.4. The minimum absolute atomic E-state index is 0.313. The van der Waals surface area contributed by atoms with Crippen LogP contribution in [0.2, 0.25) is 0 Å². The van der Waals surface area contributed by atoms with Gasteiger partial charge in [-0.2, -0.15) is 0 Å². The standard InChI is InChI=1S/C15H13FN4/c1-8-3-2-4-11(16)14(8)12-5-9-6-13(17)19-7-10(9)15(18)20-12/h2-7H,1H3,(H2,17,19)(H2,18,20). The van der Waals surface area contributed by atoms with Crippen molar-refractivity contribution in [3.05, 3.63) is 47.9 Å². The number of aryl methyl sites for hydroxylation is 1. The maximum atomic E-state index is 14.0. The van der Waals surface area contributed by atoms with Crippen molar-refractivity contribution < 1.29 is 4.39 Å². The molecule has 5 heteroatoms. The maximum absolute atomic E-state index is 14.0. The van der Waals surface area contributed by atoms with Crippen LogP contribution in [0.1, 0.15) is 5.56 Å². The molecular formula is C15H13FN4. The number of nitrogens with two attached hydrogens (primary N) is 2. The highest BCUT2D eigenvalue weighted by molar-refractivity contribution is 5.94. The number of rotatable bonds is 1. The molecule has 2 heterocycles. The van der Waals surface area contributed by atoms with Gasteiger partial charge in [0.1, 0.15) is 17.5 Å². The first-order valence-corrected chi connectivity index (χ1v) is 6.13. The highest BCUT2D eigenvalue weighted by Crippen LogP contribution is 2.30. The Balaban J connectivity index is 2.32. The Hall–Kier alpha value is -2.69. The Morgan fingerprint density at radius 2 is 1.95 bits per heavy atom. The van der Waals surface area contributed by atoms with Crippen LogP contribution in [0.4, 0.5) is 16.0 Å². The third-order valence-electron chi connectivity index (χ3n) is 3.24. The zero-order valence-corrected chi connectivity index (χ0v) is 10.9. The van der Waals surface area contributed by atoms with Gasteiger partial charge in [-0.3, -0.25) is 0 Å². The average molecular weight is 268 g/mol. The molecule has 0 atom stereocenters. The van der Waals surface area contributed by atoms with Crippen LogP contribution in [-0.2, 0) is 0 Å². The summed E-state index contributed by atoms with van der Waals surface area (Å²) in [5, 5.41) is 1.50. The van der Waals surface area contributed by atoms with Crippen LogP contribution in [0.5, 0.6) is 0 Å². The average Bonchev–Trinajstić information content (AvgIpc) is 2.38. The van der Waals surface area contributed by atoms with Gasteiger partial charge in [0.25, 0.3) is 0 Å². The number of halogens is 1. The molecule has 1 aromatic carbocycles. The van der Waals surface area contributed by atoms with Crippen LogP contribution in [0.15, 0.2) is 36.5 Å². The van der Waals surface area contributed by atoms with Gasteiger partial charge in [0.15, 0.2) is 0 Å². The van der Waals surface area contributed by atoms with Gasteiger partial charge in [0.2, 0.25) is 0 Å². The number of fused-ring (bicyclic) bond motifs is 1. The van der Waals surface area contributed by atoms with Gasteiger partial charge < -0.3 is 11.5 Å². The molecule has 100 valence electrons. The summed E-state index contributed by atoms with van der Waals surface area (Å²) in [4.78, 5) is 8.27. The van der Waals surface area contributed by atoms with Crippen molar-refractivity contribution in [2.75, 3.05) is 11.5 Å². The normalized spacial score (nSPS) is 10.9. The van der Waals surface area contributed by atoms with Crippen molar-refractivity contribution in [2.45, 2.75) is 6.92 Å². The Morgan fingerprint density at radius 3 is 2.70 bits per heavy atom. The zero-order valence-electron chi connectivity index (χ0n) is 10.9. The van der Waals surface area contributed by atoms with Crippen LogP contribution >= 0.6 is 0 Å². The highest BCUT2D eigenvalue weighted by Gasteiger charge is 2.12. The van der Waals surface area contributed by atoms with Crippen LogP contribution in [0.3, 0.4) is 0 Å². The van der Waals surface area contributed by atoms with Crippen LogP contribution < -0.4 is 11.5 Å². The molecule has 0 saturated carbocycles. The third-order valence-corrected chi connectivity index (χ3v) is 3.24. The topological polar surface area (TPSA) is 77.8 Å². The smallest absolute Gasteiger partial charge is 0.133 e. The fraction of sp³-hybridized carbons (Fsp3) is 0.0667. The lowest BCUT2D eigenvalue weighted by Crippen LogP contribution is -1.99. The number of hydrogen-bond acceptors (Lipinski definition) is 4. The molecule has 0 fully saturated rings. The third kappa shape index (κ3) is 1.93. The van der Waals surface area contributed by atoms with Crippen molar-refractivity contribution >= 4 is 22.4 Å². The molecule has 0 amide bonds. The molecule has 2 aromatic heterocycles. The van der Waals surface area contributed by atoms with Gasteiger partial charge in [-0.15, -0.1) is 0 Å². The van der Waals surface area contributed by atoms with Gasteiger partial charge >= 0.3 is 0 Å². The lowest BCUT2D eigenvalue weighted by molar-refractivity contribution is 0.629. The van der Waals surface area contributed by atoms with Crippen molar-refractivity contribution in [2.24, 2.45) is 0 Å². The molecule has 0 bridgehead atoms. The van der Waals surface area contributed by atoms with E-state index in [1.807, 2.05) is 13.0 Å². The van der Waals surface area contributed by atoms with E-state index in [2.05, 4.69) is 9.97 Å². The summed E-state index contributed by atoms with van der Waals surface area (Å²) >= 11 is 0. The van der Waals surface area contributed by atoms with Gasteiger partial charge in [-0.05, 0) is 36.1 Å². The summed E-state index contributed by atoms with van der Waals surface area (Å²) in [6.07, 6.45) is 1.57. The van der Waals surface area contributed by atoms with Gasteiger partial charge in [0.05, 0.1) is 5.69 Å². The SMILES string of the molecule is Cc1cccc(F)c1-c1cc2cc(N)ncc2c(N)n1. The molecule has 3 aromatic rings. The largest absolute Gasteiger partial charge is 0.384 e. The lowest BCUT2D eigenvalue weighted by atomic mass is 10.0. The molecule has 0 unspecified atom stereocenters. The molecule has 0 aliphatic heterocycles. The maximum Gasteiger partial charge on any atom is 0.133 e.